The Bertz CT molecular complexity index is 337. The summed E-state index contributed by atoms with van der Waals surface area (Å²) >= 11 is 0. The molecule has 0 bridgehead atoms. The summed E-state index contributed by atoms with van der Waals surface area (Å²) in [4.78, 5) is 0. The lowest BCUT2D eigenvalue weighted by atomic mass is 10.2. The molecule has 0 radical (unpaired) electrons. The van der Waals surface area contributed by atoms with E-state index >= 15 is 0 Å². The number of ether oxygens (including phenoxy) is 2. The van der Waals surface area contributed by atoms with Crippen molar-refractivity contribution in [3.05, 3.63) is 35.4 Å². The molecule has 0 amide bonds. The van der Waals surface area contributed by atoms with Crippen LogP contribution in [0.25, 0.3) is 0 Å². The highest BCUT2D eigenvalue weighted by Gasteiger charge is 2.08. The maximum absolute atomic E-state index is 12.9. The van der Waals surface area contributed by atoms with Crippen LogP contribution in [0.1, 0.15) is 19.4 Å². The number of halogens is 2. The van der Waals surface area contributed by atoms with Crippen LogP contribution in [0, 0.1) is 11.6 Å². The van der Waals surface area contributed by atoms with Crippen LogP contribution >= 0.6 is 0 Å². The molecule has 0 aliphatic heterocycles. The van der Waals surface area contributed by atoms with Crippen molar-refractivity contribution < 1.29 is 22.7 Å². The highest BCUT2D eigenvalue weighted by molar-refractivity contribution is 6.26. The van der Waals surface area contributed by atoms with Crippen molar-refractivity contribution in [2.45, 2.75) is 26.4 Å². The molecule has 0 saturated heterocycles. The van der Waals surface area contributed by atoms with Crippen molar-refractivity contribution in [3.63, 3.8) is 0 Å². The lowest BCUT2D eigenvalue weighted by Gasteiger charge is -2.17. The first-order valence-electron chi connectivity index (χ1n) is 5.95. The highest BCUT2D eigenvalue weighted by Crippen LogP contribution is 2.08. The summed E-state index contributed by atoms with van der Waals surface area (Å²) in [5.74, 6) is -1.13. The normalized spacial score (nSPS) is 11.8. The first-order valence-corrected chi connectivity index (χ1v) is 7.53. The zero-order chi connectivity index (χ0) is 13.4. The third-order valence-corrected chi connectivity index (χ3v) is 3.46. The molecule has 0 saturated carbocycles. The Morgan fingerprint density at radius 2 is 1.61 bits per heavy atom. The van der Waals surface area contributed by atoms with Gasteiger partial charge in [-0.25, -0.2) is 8.78 Å². The van der Waals surface area contributed by atoms with Crippen LogP contribution < -0.4 is 0 Å². The average molecular weight is 276 g/mol. The van der Waals surface area contributed by atoms with Crippen molar-refractivity contribution in [3.8, 4) is 0 Å². The number of rotatable bonds is 8. The third-order valence-electron chi connectivity index (χ3n) is 2.17. The van der Waals surface area contributed by atoms with Crippen molar-refractivity contribution in [2.75, 3.05) is 13.2 Å². The molecule has 0 atom stereocenters. The van der Waals surface area contributed by atoms with Crippen LogP contribution in [-0.4, -0.2) is 29.5 Å². The molecule has 0 spiro atoms. The van der Waals surface area contributed by atoms with Gasteiger partial charge in [-0.15, -0.1) is 0 Å². The average Bonchev–Trinajstić information content (AvgIpc) is 2.28. The second-order valence-corrected chi connectivity index (χ2v) is 4.84. The van der Waals surface area contributed by atoms with Gasteiger partial charge >= 0.3 is 0 Å². The van der Waals surface area contributed by atoms with Gasteiger partial charge in [0.1, 0.15) is 11.6 Å². The molecule has 1 aromatic carbocycles. The van der Waals surface area contributed by atoms with Gasteiger partial charge in [0.05, 0.1) is 0 Å². The topological polar surface area (TPSA) is 27.7 Å². The Kier molecular flexibility index (Phi) is 7.03. The van der Waals surface area contributed by atoms with Crippen LogP contribution in [0.2, 0.25) is 0 Å². The summed E-state index contributed by atoms with van der Waals surface area (Å²) < 4.78 is 41.8. The van der Waals surface area contributed by atoms with Gasteiger partial charge in [0.15, 0.2) is 9.76 Å². The minimum atomic E-state index is -0.990. The molecule has 1 rings (SSSR count). The van der Waals surface area contributed by atoms with Gasteiger partial charge in [0.2, 0.25) is 0 Å². The van der Waals surface area contributed by atoms with Crippen LogP contribution in [0.3, 0.4) is 0 Å². The summed E-state index contributed by atoms with van der Waals surface area (Å²) in [6, 6.07) is 4.02. The molecule has 0 unspecified atom stereocenters. The summed E-state index contributed by atoms with van der Waals surface area (Å²) in [7, 11) is -0.990. The molecule has 1 aromatic rings. The van der Waals surface area contributed by atoms with Crippen LogP contribution in [0.15, 0.2) is 18.2 Å². The van der Waals surface area contributed by atoms with E-state index in [4.69, 9.17) is 13.9 Å². The highest BCUT2D eigenvalue weighted by atomic mass is 28.2. The Labute approximate surface area is 108 Å². The van der Waals surface area contributed by atoms with Gasteiger partial charge in [-0.3, -0.25) is 0 Å². The van der Waals surface area contributed by atoms with Gasteiger partial charge in [-0.1, -0.05) is 0 Å². The molecule has 0 aliphatic carbocycles. The van der Waals surface area contributed by atoms with Crippen molar-refractivity contribution in [1.82, 2.24) is 0 Å². The fourth-order valence-corrected chi connectivity index (χ4v) is 2.47. The van der Waals surface area contributed by atoms with Gasteiger partial charge in [0, 0.05) is 19.3 Å². The van der Waals surface area contributed by atoms with E-state index in [-0.39, 0.29) is 0 Å². The lowest BCUT2D eigenvalue weighted by Crippen LogP contribution is -2.24. The predicted molar refractivity (Wildman–Crippen MR) is 66.7 cm³/mol. The van der Waals surface area contributed by atoms with E-state index in [1.807, 2.05) is 13.8 Å². The van der Waals surface area contributed by atoms with E-state index in [2.05, 4.69) is 0 Å². The van der Waals surface area contributed by atoms with Crippen LogP contribution in [0.4, 0.5) is 8.78 Å². The van der Waals surface area contributed by atoms with Gasteiger partial charge in [-0.2, -0.15) is 0 Å². The molecule has 0 fully saturated rings. The molecule has 0 heterocycles. The van der Waals surface area contributed by atoms with E-state index in [0.29, 0.717) is 24.8 Å². The molecule has 0 aliphatic rings. The molecule has 0 N–H and O–H groups in total. The summed E-state index contributed by atoms with van der Waals surface area (Å²) in [6.07, 6.45) is 0. The van der Waals surface area contributed by atoms with Crippen molar-refractivity contribution in [2.24, 2.45) is 0 Å². The molecular weight excluding hydrogens is 258 g/mol. The maximum atomic E-state index is 12.9. The second-order valence-electron chi connectivity index (χ2n) is 3.60. The first kappa shape index (κ1) is 15.2. The molecule has 102 valence electrons. The van der Waals surface area contributed by atoms with Crippen LogP contribution in [-0.2, 0) is 19.9 Å². The van der Waals surface area contributed by atoms with Gasteiger partial charge in [-0.05, 0) is 37.6 Å². The largest absolute Gasteiger partial charge is 0.378 e. The fourth-order valence-electron chi connectivity index (χ4n) is 1.44. The molecule has 0 aromatic heterocycles. The van der Waals surface area contributed by atoms with E-state index in [1.165, 1.54) is 12.1 Å². The maximum Gasteiger partial charge on any atom is 0.261 e. The Hall–Kier alpha value is -0.823. The first-order chi connectivity index (χ1) is 8.65. The number of benzene rings is 1. The number of hydrogen-bond acceptors (Lipinski definition) is 3. The van der Waals surface area contributed by atoms with Gasteiger partial charge < -0.3 is 13.9 Å². The van der Waals surface area contributed by atoms with Crippen molar-refractivity contribution >= 4 is 9.76 Å². The standard InChI is InChI=1S/C12H18F2O3Si/c1-3-15-12(16-4-2)17-18-8-9-5-10(13)7-11(14)6-9/h5-7,12H,3-4,8,18H2,1-2H3. The summed E-state index contributed by atoms with van der Waals surface area (Å²) in [5, 5.41) is 0. The minimum absolute atomic E-state index is 0.494. The second kappa shape index (κ2) is 8.31. The molecule has 3 nitrogen and oxygen atoms in total. The summed E-state index contributed by atoms with van der Waals surface area (Å²) in [5.41, 5.74) is 0.603. The third kappa shape index (κ3) is 5.68. The van der Waals surface area contributed by atoms with E-state index in [0.717, 1.165) is 6.07 Å². The molecular formula is C12H18F2O3Si. The minimum Gasteiger partial charge on any atom is -0.378 e. The number of hydrogen-bond donors (Lipinski definition) is 0. The van der Waals surface area contributed by atoms with Crippen molar-refractivity contribution in [1.29, 1.82) is 0 Å². The quantitative estimate of drug-likeness (QED) is 0.536. The molecule has 6 heteroatoms. The zero-order valence-electron chi connectivity index (χ0n) is 10.6. The van der Waals surface area contributed by atoms with E-state index < -0.39 is 27.9 Å². The lowest BCUT2D eigenvalue weighted by molar-refractivity contribution is -0.243. The Morgan fingerprint density at radius 3 is 2.11 bits per heavy atom. The zero-order valence-corrected chi connectivity index (χ0v) is 12.0. The van der Waals surface area contributed by atoms with Crippen LogP contribution in [0.5, 0.6) is 0 Å². The van der Waals surface area contributed by atoms with Gasteiger partial charge in [0.25, 0.3) is 6.48 Å². The monoisotopic (exact) mass is 276 g/mol. The van der Waals surface area contributed by atoms with E-state index in [9.17, 15) is 8.78 Å². The van der Waals surface area contributed by atoms with E-state index in [1.54, 1.807) is 0 Å². The Morgan fingerprint density at radius 1 is 1.06 bits per heavy atom. The molecule has 18 heavy (non-hydrogen) atoms. The smallest absolute Gasteiger partial charge is 0.261 e. The Balaban J connectivity index is 2.39. The SMILES string of the molecule is CCOC(OCC)O[SiH2]Cc1cc(F)cc(F)c1. The predicted octanol–water partition coefficient (Wildman–Crippen LogP) is 1.92. The fraction of sp³-hybridized carbons (Fsp3) is 0.500. The summed E-state index contributed by atoms with van der Waals surface area (Å²) in [6.45, 7) is 4.02.